The van der Waals surface area contributed by atoms with Crippen molar-refractivity contribution in [2.45, 2.75) is 0 Å². The number of H-pyrrole nitrogens is 1. The van der Waals surface area contributed by atoms with Gasteiger partial charge in [-0.05, 0) is 30.3 Å². The highest BCUT2D eigenvalue weighted by Gasteiger charge is 2.13. The third-order valence-corrected chi connectivity index (χ3v) is 3.63. The Balaban J connectivity index is 2.00. The lowest BCUT2D eigenvalue weighted by Gasteiger charge is -2.03. The van der Waals surface area contributed by atoms with Crippen LogP contribution in [-0.4, -0.2) is 27.1 Å². The molecule has 0 aliphatic heterocycles. The van der Waals surface area contributed by atoms with Crippen LogP contribution in [0.25, 0.3) is 27.6 Å². The van der Waals surface area contributed by atoms with Crippen molar-refractivity contribution in [1.29, 1.82) is 0 Å². The monoisotopic (exact) mass is 292 g/mol. The summed E-state index contributed by atoms with van der Waals surface area (Å²) in [6, 6.07) is 14.8. The molecule has 0 unspecified atom stereocenters. The first kappa shape index (κ1) is 12.6. The molecular weight excluding hydrogens is 280 g/mol. The van der Waals surface area contributed by atoms with Crippen LogP contribution in [0.3, 0.4) is 0 Å². The van der Waals surface area contributed by atoms with E-state index in [9.17, 15) is 4.79 Å². The van der Waals surface area contributed by atoms with Crippen molar-refractivity contribution < 1.29 is 4.74 Å². The summed E-state index contributed by atoms with van der Waals surface area (Å²) in [6.45, 7) is 0. The van der Waals surface area contributed by atoms with Gasteiger partial charge in [0.05, 0.1) is 23.8 Å². The van der Waals surface area contributed by atoms with E-state index in [0.717, 1.165) is 16.7 Å². The molecule has 1 N–H and O–H groups in total. The molecule has 0 fully saturated rings. The maximum Gasteiger partial charge on any atom is 0.299 e. The van der Waals surface area contributed by atoms with Crippen LogP contribution in [0.5, 0.6) is 5.75 Å². The number of fused-ring (bicyclic) bond motifs is 3. The van der Waals surface area contributed by atoms with Crippen LogP contribution in [-0.2, 0) is 0 Å². The van der Waals surface area contributed by atoms with Crippen molar-refractivity contribution in [2.75, 3.05) is 7.11 Å². The Morgan fingerprint density at radius 2 is 1.82 bits per heavy atom. The maximum absolute atomic E-state index is 12.5. The van der Waals surface area contributed by atoms with E-state index in [0.29, 0.717) is 16.7 Å². The molecule has 2 heterocycles. The molecule has 6 heteroatoms. The Morgan fingerprint density at radius 3 is 2.59 bits per heavy atom. The summed E-state index contributed by atoms with van der Waals surface area (Å²) < 4.78 is 6.60. The smallest absolute Gasteiger partial charge is 0.299 e. The van der Waals surface area contributed by atoms with Crippen LogP contribution >= 0.6 is 0 Å². The first-order valence-electron chi connectivity index (χ1n) is 6.78. The summed E-state index contributed by atoms with van der Waals surface area (Å²) in [6.07, 6.45) is 0. The molecule has 0 amide bonds. The molecule has 0 aliphatic carbocycles. The largest absolute Gasteiger partial charge is 0.497 e. The zero-order chi connectivity index (χ0) is 15.1. The molecule has 0 bridgehead atoms. The predicted octanol–water partition coefficient (Wildman–Crippen LogP) is 2.27. The van der Waals surface area contributed by atoms with E-state index in [1.807, 2.05) is 36.4 Å². The summed E-state index contributed by atoms with van der Waals surface area (Å²) in [5.74, 6) is 0.734. The Hall–Kier alpha value is -3.15. The molecule has 2 aromatic heterocycles. The van der Waals surface area contributed by atoms with Crippen LogP contribution in [0.4, 0.5) is 0 Å². The van der Waals surface area contributed by atoms with E-state index in [-0.39, 0.29) is 5.56 Å². The minimum atomic E-state index is -0.224. The van der Waals surface area contributed by atoms with Crippen LogP contribution in [0, 0.1) is 0 Å². The van der Waals surface area contributed by atoms with Gasteiger partial charge in [-0.25, -0.2) is 4.68 Å². The van der Waals surface area contributed by atoms with E-state index >= 15 is 0 Å². The summed E-state index contributed by atoms with van der Waals surface area (Å²) in [4.78, 5) is 12.5. The highest BCUT2D eigenvalue weighted by molar-refractivity contribution is 6.00. The second kappa shape index (κ2) is 4.70. The molecule has 0 radical (unpaired) electrons. The summed E-state index contributed by atoms with van der Waals surface area (Å²) in [5.41, 5.74) is 2.25. The number of benzene rings is 2. The van der Waals surface area contributed by atoms with Gasteiger partial charge in [-0.2, -0.15) is 0 Å². The number of ether oxygens (including phenoxy) is 1. The lowest BCUT2D eigenvalue weighted by molar-refractivity contribution is 0.414. The van der Waals surface area contributed by atoms with Gasteiger partial charge in [0.25, 0.3) is 5.56 Å². The van der Waals surface area contributed by atoms with Crippen molar-refractivity contribution in [3.05, 3.63) is 58.9 Å². The zero-order valence-corrected chi connectivity index (χ0v) is 11.8. The van der Waals surface area contributed by atoms with Crippen molar-refractivity contribution in [3.63, 3.8) is 0 Å². The van der Waals surface area contributed by atoms with E-state index in [1.54, 1.807) is 19.2 Å². The van der Waals surface area contributed by atoms with Crippen LogP contribution in [0.1, 0.15) is 0 Å². The highest BCUT2D eigenvalue weighted by Crippen LogP contribution is 2.19. The number of rotatable bonds is 2. The molecule has 0 saturated carbocycles. The maximum atomic E-state index is 12.5. The van der Waals surface area contributed by atoms with Crippen molar-refractivity contribution >= 4 is 21.9 Å². The van der Waals surface area contributed by atoms with E-state index in [2.05, 4.69) is 15.3 Å². The first-order chi connectivity index (χ1) is 10.8. The average molecular weight is 292 g/mol. The zero-order valence-electron chi connectivity index (χ0n) is 11.8. The third kappa shape index (κ3) is 1.77. The third-order valence-electron chi connectivity index (χ3n) is 3.63. The minimum Gasteiger partial charge on any atom is -0.497 e. The fraction of sp³-hybridized carbons (Fsp3) is 0.0625. The molecule has 4 rings (SSSR count). The van der Waals surface area contributed by atoms with Gasteiger partial charge in [-0.15, -0.1) is 10.2 Å². The number of aromatic amines is 1. The Bertz CT molecular complexity index is 1030. The number of nitrogens with zero attached hydrogens (tertiary/aromatic N) is 3. The van der Waals surface area contributed by atoms with Gasteiger partial charge in [0.2, 0.25) is 0 Å². The van der Waals surface area contributed by atoms with Crippen molar-refractivity contribution in [1.82, 2.24) is 20.0 Å². The quantitative estimate of drug-likeness (QED) is 0.615. The fourth-order valence-corrected chi connectivity index (χ4v) is 2.50. The van der Waals surface area contributed by atoms with Gasteiger partial charge in [0.15, 0.2) is 5.52 Å². The summed E-state index contributed by atoms with van der Waals surface area (Å²) in [5, 5.41) is 12.1. The van der Waals surface area contributed by atoms with Crippen molar-refractivity contribution in [2.24, 2.45) is 0 Å². The fourth-order valence-electron chi connectivity index (χ4n) is 2.50. The standard InChI is InChI=1S/C16H12N4O2/c1-22-11-8-6-10(7-9-11)20-16(21)15-14(19-20)12-4-2-3-5-13(12)17-18-15/h2-9,19H,1H3. The van der Waals surface area contributed by atoms with E-state index in [1.165, 1.54) is 4.68 Å². The van der Waals surface area contributed by atoms with Gasteiger partial charge >= 0.3 is 0 Å². The summed E-state index contributed by atoms with van der Waals surface area (Å²) in [7, 11) is 1.60. The topological polar surface area (TPSA) is 72.8 Å². The molecule has 0 spiro atoms. The van der Waals surface area contributed by atoms with Gasteiger partial charge in [0, 0.05) is 5.39 Å². The number of nitrogens with one attached hydrogen (secondary N) is 1. The number of aromatic nitrogens is 4. The average Bonchev–Trinajstić information content (AvgIpc) is 2.92. The Kier molecular flexibility index (Phi) is 2.69. The molecule has 0 atom stereocenters. The molecule has 6 nitrogen and oxygen atoms in total. The lowest BCUT2D eigenvalue weighted by Crippen LogP contribution is -2.14. The molecule has 4 aromatic rings. The second-order valence-electron chi connectivity index (χ2n) is 4.89. The number of methoxy groups -OCH3 is 1. The lowest BCUT2D eigenvalue weighted by atomic mass is 10.2. The summed E-state index contributed by atoms with van der Waals surface area (Å²) >= 11 is 0. The van der Waals surface area contributed by atoms with E-state index in [4.69, 9.17) is 4.74 Å². The Labute approximate surface area is 125 Å². The van der Waals surface area contributed by atoms with Crippen LogP contribution < -0.4 is 10.3 Å². The highest BCUT2D eigenvalue weighted by atomic mass is 16.5. The predicted molar refractivity (Wildman–Crippen MR) is 83.5 cm³/mol. The van der Waals surface area contributed by atoms with Crippen LogP contribution in [0.2, 0.25) is 0 Å². The molecular formula is C16H12N4O2. The van der Waals surface area contributed by atoms with Crippen molar-refractivity contribution in [3.8, 4) is 11.4 Å². The number of hydrogen-bond donors (Lipinski definition) is 1. The van der Waals surface area contributed by atoms with Gasteiger partial charge in [-0.3, -0.25) is 9.89 Å². The SMILES string of the molecule is COc1ccc(-n2[nH]c3c(nnc4ccccc43)c2=O)cc1. The normalized spacial score (nSPS) is 11.1. The first-order valence-corrected chi connectivity index (χ1v) is 6.78. The van der Waals surface area contributed by atoms with Gasteiger partial charge in [-0.1, -0.05) is 18.2 Å². The minimum absolute atomic E-state index is 0.224. The van der Waals surface area contributed by atoms with Crippen LogP contribution in [0.15, 0.2) is 53.3 Å². The second-order valence-corrected chi connectivity index (χ2v) is 4.89. The molecule has 0 saturated heterocycles. The molecule has 2 aromatic carbocycles. The molecule has 108 valence electrons. The van der Waals surface area contributed by atoms with E-state index < -0.39 is 0 Å². The molecule has 22 heavy (non-hydrogen) atoms. The van der Waals surface area contributed by atoms with Gasteiger partial charge in [0.1, 0.15) is 5.75 Å². The van der Waals surface area contributed by atoms with Gasteiger partial charge < -0.3 is 4.74 Å². The number of hydrogen-bond acceptors (Lipinski definition) is 4. The molecule has 0 aliphatic rings. The Morgan fingerprint density at radius 1 is 1.05 bits per heavy atom.